The average molecular weight is 327 g/mol. The largest absolute Gasteiger partial charge is 0.491 e. The Labute approximate surface area is 139 Å². The van der Waals surface area contributed by atoms with E-state index in [-0.39, 0.29) is 5.41 Å². The van der Waals surface area contributed by atoms with E-state index in [0.29, 0.717) is 13.2 Å². The summed E-state index contributed by atoms with van der Waals surface area (Å²) >= 11 is 6.11. The quantitative estimate of drug-likeness (QED) is 0.779. The number of benzene rings is 1. The molecular weight excluding hydrogens is 298 g/mol. The molecule has 0 unspecified atom stereocenters. The summed E-state index contributed by atoms with van der Waals surface area (Å²) in [5.41, 5.74) is 1.15. The zero-order valence-corrected chi connectivity index (χ0v) is 14.8. The topological polar surface area (TPSA) is 22.9 Å². The van der Waals surface area contributed by atoms with Crippen LogP contribution >= 0.6 is 11.6 Å². The number of halogens is 1. The van der Waals surface area contributed by atoms with Gasteiger partial charge in [-0.15, -0.1) is 0 Å². The molecule has 0 radical (unpaired) electrons. The Kier molecular flexibility index (Phi) is 6.54. The first-order valence-corrected chi connectivity index (χ1v) is 8.69. The predicted octanol–water partition coefficient (Wildman–Crippen LogP) is 2.71. The lowest BCUT2D eigenvalue weighted by Crippen LogP contribution is -3.10. The predicted molar refractivity (Wildman–Crippen MR) is 91.3 cm³/mol. The Hall–Kier alpha value is -0.770. The third-order valence-corrected chi connectivity index (χ3v) is 4.38. The minimum Gasteiger partial charge on any atom is -0.491 e. The molecule has 1 N–H and O–H groups in total. The van der Waals surface area contributed by atoms with Gasteiger partial charge in [-0.1, -0.05) is 32.4 Å². The molecule has 124 valence electrons. The zero-order valence-electron chi connectivity index (χ0n) is 14.1. The number of likely N-dealkylation sites (tertiary alicyclic amines) is 1. The first-order valence-electron chi connectivity index (χ1n) is 8.31. The van der Waals surface area contributed by atoms with Crippen LogP contribution in [-0.2, 0) is 10.2 Å². The van der Waals surface area contributed by atoms with Crippen LogP contribution in [0, 0.1) is 0 Å². The van der Waals surface area contributed by atoms with Crippen LogP contribution in [0.2, 0.25) is 5.02 Å². The van der Waals surface area contributed by atoms with Gasteiger partial charge in [-0.05, 0) is 23.6 Å². The summed E-state index contributed by atoms with van der Waals surface area (Å²) in [4.78, 5) is 1.67. The average Bonchev–Trinajstić information content (AvgIpc) is 2.96. The number of hydrogen-bond donors (Lipinski definition) is 1. The van der Waals surface area contributed by atoms with Gasteiger partial charge in [-0.2, -0.15) is 0 Å². The van der Waals surface area contributed by atoms with Crippen LogP contribution in [0.3, 0.4) is 0 Å². The SMILES string of the molecule is CC(C)(C)c1cc(Cl)ccc1OCCOCC[NH+]1CCCC1. The number of nitrogens with one attached hydrogen (secondary N) is 1. The molecular formula is C18H29ClNO2+. The Morgan fingerprint density at radius 3 is 2.50 bits per heavy atom. The van der Waals surface area contributed by atoms with Crippen molar-refractivity contribution < 1.29 is 14.4 Å². The summed E-state index contributed by atoms with van der Waals surface area (Å²) in [6, 6.07) is 5.83. The Balaban J connectivity index is 1.72. The molecule has 0 bridgehead atoms. The van der Waals surface area contributed by atoms with Crippen molar-refractivity contribution in [2.45, 2.75) is 39.0 Å². The second kappa shape index (κ2) is 8.19. The van der Waals surface area contributed by atoms with Crippen LogP contribution in [0.25, 0.3) is 0 Å². The lowest BCUT2D eigenvalue weighted by atomic mass is 9.86. The number of rotatable bonds is 7. The maximum Gasteiger partial charge on any atom is 0.123 e. The van der Waals surface area contributed by atoms with E-state index >= 15 is 0 Å². The maximum absolute atomic E-state index is 6.11. The van der Waals surface area contributed by atoms with Gasteiger partial charge in [0.25, 0.3) is 0 Å². The van der Waals surface area contributed by atoms with E-state index in [4.69, 9.17) is 21.1 Å². The summed E-state index contributed by atoms with van der Waals surface area (Å²) in [5.74, 6) is 0.908. The normalized spacial score (nSPS) is 16.2. The Morgan fingerprint density at radius 1 is 1.09 bits per heavy atom. The third-order valence-electron chi connectivity index (χ3n) is 4.15. The molecule has 0 aliphatic carbocycles. The fraction of sp³-hybridized carbons (Fsp3) is 0.667. The van der Waals surface area contributed by atoms with Crippen LogP contribution in [0.5, 0.6) is 5.75 Å². The van der Waals surface area contributed by atoms with Crippen LogP contribution in [-0.4, -0.2) is 39.5 Å². The fourth-order valence-electron chi connectivity index (χ4n) is 2.87. The van der Waals surface area contributed by atoms with Crippen molar-refractivity contribution in [1.29, 1.82) is 0 Å². The van der Waals surface area contributed by atoms with Gasteiger partial charge in [-0.3, -0.25) is 0 Å². The molecule has 1 aromatic rings. The molecule has 0 spiro atoms. The molecule has 1 aliphatic rings. The molecule has 1 aromatic carbocycles. The molecule has 0 aromatic heterocycles. The highest BCUT2D eigenvalue weighted by Gasteiger charge is 2.19. The maximum atomic E-state index is 6.11. The van der Waals surface area contributed by atoms with Crippen molar-refractivity contribution in [2.75, 3.05) is 39.5 Å². The van der Waals surface area contributed by atoms with E-state index in [1.807, 2.05) is 18.2 Å². The van der Waals surface area contributed by atoms with Gasteiger partial charge in [0.15, 0.2) is 0 Å². The second-order valence-corrected chi connectivity index (χ2v) is 7.49. The summed E-state index contributed by atoms with van der Waals surface area (Å²) in [6.07, 6.45) is 2.73. The number of hydrogen-bond acceptors (Lipinski definition) is 2. The van der Waals surface area contributed by atoms with Gasteiger partial charge in [0.2, 0.25) is 0 Å². The van der Waals surface area contributed by atoms with E-state index in [2.05, 4.69) is 20.8 Å². The molecule has 0 atom stereocenters. The van der Waals surface area contributed by atoms with Gasteiger partial charge in [-0.25, -0.2) is 0 Å². The van der Waals surface area contributed by atoms with Crippen molar-refractivity contribution in [3.8, 4) is 5.75 Å². The third kappa shape index (κ3) is 5.45. The lowest BCUT2D eigenvalue weighted by molar-refractivity contribution is -0.887. The molecule has 0 amide bonds. The van der Waals surface area contributed by atoms with Crippen LogP contribution in [0.4, 0.5) is 0 Å². The van der Waals surface area contributed by atoms with Gasteiger partial charge >= 0.3 is 0 Å². The summed E-state index contributed by atoms with van der Waals surface area (Å²) in [7, 11) is 0. The zero-order chi connectivity index (χ0) is 16.0. The molecule has 1 fully saturated rings. The molecule has 2 rings (SSSR count). The highest BCUT2D eigenvalue weighted by atomic mass is 35.5. The van der Waals surface area contributed by atoms with Gasteiger partial charge in [0.1, 0.15) is 18.9 Å². The Morgan fingerprint density at radius 2 is 1.82 bits per heavy atom. The molecule has 1 heterocycles. The van der Waals surface area contributed by atoms with Gasteiger partial charge in [0, 0.05) is 23.4 Å². The van der Waals surface area contributed by atoms with E-state index < -0.39 is 0 Å². The summed E-state index contributed by atoms with van der Waals surface area (Å²) in [6.45, 7) is 12.3. The van der Waals surface area contributed by atoms with Crippen LogP contribution < -0.4 is 9.64 Å². The minimum absolute atomic E-state index is 0.0141. The first-order chi connectivity index (χ1) is 10.5. The van der Waals surface area contributed by atoms with Crippen molar-refractivity contribution in [3.05, 3.63) is 28.8 Å². The molecule has 1 saturated heterocycles. The monoisotopic (exact) mass is 326 g/mol. The summed E-state index contributed by atoms with van der Waals surface area (Å²) < 4.78 is 11.6. The molecule has 22 heavy (non-hydrogen) atoms. The van der Waals surface area contributed by atoms with E-state index in [1.165, 1.54) is 25.9 Å². The van der Waals surface area contributed by atoms with Gasteiger partial charge < -0.3 is 14.4 Å². The lowest BCUT2D eigenvalue weighted by Gasteiger charge is -2.23. The van der Waals surface area contributed by atoms with Crippen molar-refractivity contribution in [1.82, 2.24) is 0 Å². The van der Waals surface area contributed by atoms with E-state index in [1.54, 1.807) is 4.90 Å². The molecule has 3 nitrogen and oxygen atoms in total. The fourth-order valence-corrected chi connectivity index (χ4v) is 3.04. The summed E-state index contributed by atoms with van der Waals surface area (Å²) in [5, 5.41) is 0.752. The van der Waals surface area contributed by atoms with E-state index in [0.717, 1.165) is 29.5 Å². The minimum atomic E-state index is 0.0141. The van der Waals surface area contributed by atoms with Crippen molar-refractivity contribution in [3.63, 3.8) is 0 Å². The molecule has 0 saturated carbocycles. The number of ether oxygens (including phenoxy) is 2. The van der Waals surface area contributed by atoms with Gasteiger partial charge in [0.05, 0.1) is 26.3 Å². The van der Waals surface area contributed by atoms with E-state index in [9.17, 15) is 0 Å². The smallest absolute Gasteiger partial charge is 0.123 e. The highest BCUT2D eigenvalue weighted by Crippen LogP contribution is 2.33. The number of quaternary nitrogens is 1. The first kappa shape index (κ1) is 17.6. The van der Waals surface area contributed by atoms with Crippen LogP contribution in [0.1, 0.15) is 39.2 Å². The highest BCUT2D eigenvalue weighted by molar-refractivity contribution is 6.30. The Bertz CT molecular complexity index is 465. The second-order valence-electron chi connectivity index (χ2n) is 7.06. The standard InChI is InChI=1S/C18H28ClNO2/c1-18(2,3)16-14-15(19)6-7-17(16)22-13-12-21-11-10-20-8-4-5-9-20/h6-7,14H,4-5,8-13H2,1-3H3/p+1. The molecule has 1 aliphatic heterocycles. The molecule has 4 heteroatoms. The van der Waals surface area contributed by atoms with Crippen molar-refractivity contribution in [2.24, 2.45) is 0 Å². The van der Waals surface area contributed by atoms with Crippen LogP contribution in [0.15, 0.2) is 18.2 Å². The van der Waals surface area contributed by atoms with Crippen molar-refractivity contribution >= 4 is 11.6 Å².